The molecule has 4 nitrogen and oxygen atoms in total. The van der Waals surface area contributed by atoms with Crippen LogP contribution in [0.2, 0.25) is 0 Å². The number of nitrogens with zero attached hydrogens (tertiary/aromatic N) is 1. The Morgan fingerprint density at radius 3 is 2.47 bits per heavy atom. The van der Waals surface area contributed by atoms with Crippen LogP contribution in [0.25, 0.3) is 0 Å². The van der Waals surface area contributed by atoms with Crippen LogP contribution in [0, 0.1) is 5.92 Å². The first kappa shape index (κ1) is 16.0. The van der Waals surface area contributed by atoms with Gasteiger partial charge in [-0.25, -0.2) is 0 Å². The molecule has 0 heterocycles. The lowest BCUT2D eigenvalue weighted by Gasteiger charge is -2.21. The van der Waals surface area contributed by atoms with Crippen LogP contribution in [0.3, 0.4) is 0 Å². The third-order valence-corrected chi connectivity index (χ3v) is 2.53. The molecular weight excluding hydrogens is 235 g/mol. The molecule has 0 aromatic carbocycles. The number of alkyl halides is 3. The Kier molecular flexibility index (Phi) is 6.94. The molecule has 0 spiro atoms. The van der Waals surface area contributed by atoms with Crippen molar-refractivity contribution < 1.29 is 18.4 Å². The summed E-state index contributed by atoms with van der Waals surface area (Å²) in [5.41, 5.74) is 5.03. The molecule has 0 saturated carbocycles. The summed E-state index contributed by atoms with van der Waals surface area (Å²) in [5.74, 6) is -2.76. The molecular formula is C10H20F3N3O. The number of nitrogens with two attached hydrogens (primary N) is 1. The number of nitrogens with one attached hydrogen (secondary N) is 1. The fourth-order valence-electron chi connectivity index (χ4n) is 1.39. The highest BCUT2D eigenvalue weighted by Gasteiger charge is 2.42. The summed E-state index contributed by atoms with van der Waals surface area (Å²) < 4.78 is 37.6. The van der Waals surface area contributed by atoms with Crippen LogP contribution in [-0.2, 0) is 0 Å². The van der Waals surface area contributed by atoms with Gasteiger partial charge in [-0.3, -0.25) is 0 Å². The van der Waals surface area contributed by atoms with Crippen molar-refractivity contribution in [3.63, 3.8) is 0 Å². The maximum atomic E-state index is 12.5. The highest BCUT2D eigenvalue weighted by molar-refractivity contribution is 5.83. The van der Waals surface area contributed by atoms with Crippen molar-refractivity contribution >= 4 is 5.84 Å². The molecule has 0 aliphatic rings. The average molecular weight is 255 g/mol. The van der Waals surface area contributed by atoms with Crippen molar-refractivity contribution in [2.75, 3.05) is 6.54 Å². The van der Waals surface area contributed by atoms with Gasteiger partial charge in [0.1, 0.15) is 5.92 Å². The van der Waals surface area contributed by atoms with Crippen LogP contribution in [0.4, 0.5) is 13.2 Å². The smallest absolute Gasteiger partial charge is 0.400 e. The van der Waals surface area contributed by atoms with Gasteiger partial charge < -0.3 is 16.3 Å². The van der Waals surface area contributed by atoms with E-state index in [-0.39, 0.29) is 12.6 Å². The lowest BCUT2D eigenvalue weighted by molar-refractivity contribution is -0.155. The van der Waals surface area contributed by atoms with E-state index in [0.717, 1.165) is 19.3 Å². The SMILES string of the molecule is CCCCC(C)NCC(C(N)=NO)C(F)(F)F. The zero-order chi connectivity index (χ0) is 13.5. The third-order valence-electron chi connectivity index (χ3n) is 2.53. The van der Waals surface area contributed by atoms with E-state index in [9.17, 15) is 13.2 Å². The molecule has 0 bridgehead atoms. The average Bonchev–Trinajstić information content (AvgIpc) is 2.24. The Balaban J connectivity index is 4.28. The first-order valence-electron chi connectivity index (χ1n) is 5.60. The summed E-state index contributed by atoms with van der Waals surface area (Å²) in [4.78, 5) is 0. The van der Waals surface area contributed by atoms with E-state index < -0.39 is 17.9 Å². The first-order valence-corrected chi connectivity index (χ1v) is 5.60. The summed E-state index contributed by atoms with van der Waals surface area (Å²) in [7, 11) is 0. The highest BCUT2D eigenvalue weighted by atomic mass is 19.4. The molecule has 0 saturated heterocycles. The van der Waals surface area contributed by atoms with Crippen molar-refractivity contribution in [1.29, 1.82) is 0 Å². The maximum absolute atomic E-state index is 12.5. The van der Waals surface area contributed by atoms with Crippen LogP contribution in [0.1, 0.15) is 33.1 Å². The molecule has 17 heavy (non-hydrogen) atoms. The number of unbranched alkanes of at least 4 members (excludes halogenated alkanes) is 1. The Labute approximate surface area is 99.1 Å². The van der Waals surface area contributed by atoms with Crippen LogP contribution in [-0.4, -0.2) is 29.8 Å². The molecule has 0 amide bonds. The van der Waals surface area contributed by atoms with Crippen molar-refractivity contribution in [3.05, 3.63) is 0 Å². The van der Waals surface area contributed by atoms with Gasteiger partial charge in [0.25, 0.3) is 0 Å². The molecule has 0 aliphatic carbocycles. The number of hydrogen-bond donors (Lipinski definition) is 3. The van der Waals surface area contributed by atoms with Crippen molar-refractivity contribution in [2.24, 2.45) is 16.8 Å². The second-order valence-electron chi connectivity index (χ2n) is 4.07. The predicted molar refractivity (Wildman–Crippen MR) is 59.9 cm³/mol. The fraction of sp³-hybridized carbons (Fsp3) is 0.900. The van der Waals surface area contributed by atoms with Gasteiger partial charge in [0.05, 0.1) is 0 Å². The minimum atomic E-state index is -4.51. The Bertz CT molecular complexity index is 243. The van der Waals surface area contributed by atoms with Gasteiger partial charge in [-0.1, -0.05) is 24.9 Å². The van der Waals surface area contributed by atoms with Gasteiger partial charge >= 0.3 is 6.18 Å². The maximum Gasteiger partial charge on any atom is 0.400 e. The second-order valence-corrected chi connectivity index (χ2v) is 4.07. The largest absolute Gasteiger partial charge is 0.409 e. The molecule has 0 fully saturated rings. The Hall–Kier alpha value is -0.980. The van der Waals surface area contributed by atoms with Gasteiger partial charge in [-0.05, 0) is 13.3 Å². The molecule has 0 aromatic heterocycles. The fourth-order valence-corrected chi connectivity index (χ4v) is 1.39. The number of oxime groups is 1. The molecule has 0 rings (SSSR count). The molecule has 2 unspecified atom stereocenters. The molecule has 0 aliphatic heterocycles. The topological polar surface area (TPSA) is 70.6 Å². The molecule has 102 valence electrons. The highest BCUT2D eigenvalue weighted by Crippen LogP contribution is 2.26. The Morgan fingerprint density at radius 2 is 2.06 bits per heavy atom. The van der Waals surface area contributed by atoms with Crippen LogP contribution in [0.15, 0.2) is 5.16 Å². The van der Waals surface area contributed by atoms with E-state index in [4.69, 9.17) is 10.9 Å². The van der Waals surface area contributed by atoms with E-state index in [2.05, 4.69) is 10.5 Å². The van der Waals surface area contributed by atoms with Gasteiger partial charge in [0.2, 0.25) is 0 Å². The number of rotatable bonds is 7. The zero-order valence-corrected chi connectivity index (χ0v) is 10.1. The Morgan fingerprint density at radius 1 is 1.47 bits per heavy atom. The second kappa shape index (κ2) is 7.37. The number of amidine groups is 1. The van der Waals surface area contributed by atoms with E-state index in [1.807, 2.05) is 13.8 Å². The first-order chi connectivity index (χ1) is 7.82. The van der Waals surface area contributed by atoms with Gasteiger partial charge in [0, 0.05) is 12.6 Å². The zero-order valence-electron chi connectivity index (χ0n) is 10.1. The van der Waals surface area contributed by atoms with E-state index in [1.165, 1.54) is 0 Å². The summed E-state index contributed by atoms with van der Waals surface area (Å²) in [6.45, 7) is 3.46. The van der Waals surface area contributed by atoms with Gasteiger partial charge in [0.15, 0.2) is 5.84 Å². The quantitative estimate of drug-likeness (QED) is 0.282. The monoisotopic (exact) mass is 255 g/mol. The van der Waals surface area contributed by atoms with Crippen molar-refractivity contribution in [1.82, 2.24) is 5.32 Å². The summed E-state index contributed by atoms with van der Waals surface area (Å²) in [5, 5.41) is 13.5. The van der Waals surface area contributed by atoms with Gasteiger partial charge in [-0.15, -0.1) is 0 Å². The van der Waals surface area contributed by atoms with Crippen molar-refractivity contribution in [2.45, 2.75) is 45.3 Å². The van der Waals surface area contributed by atoms with E-state index in [0.29, 0.717) is 0 Å². The summed E-state index contributed by atoms with van der Waals surface area (Å²) in [6.07, 6.45) is -1.76. The third kappa shape index (κ3) is 6.35. The van der Waals surface area contributed by atoms with Gasteiger partial charge in [-0.2, -0.15) is 13.2 Å². The lowest BCUT2D eigenvalue weighted by atomic mass is 10.1. The van der Waals surface area contributed by atoms with Crippen molar-refractivity contribution in [3.8, 4) is 0 Å². The van der Waals surface area contributed by atoms with E-state index >= 15 is 0 Å². The predicted octanol–water partition coefficient (Wildman–Crippen LogP) is 2.08. The molecule has 4 N–H and O–H groups in total. The van der Waals surface area contributed by atoms with Crippen LogP contribution >= 0.6 is 0 Å². The molecule has 2 atom stereocenters. The lowest BCUT2D eigenvalue weighted by Crippen LogP contribution is -2.44. The van der Waals surface area contributed by atoms with Crippen LogP contribution in [0.5, 0.6) is 0 Å². The minimum Gasteiger partial charge on any atom is -0.409 e. The molecule has 7 heteroatoms. The summed E-state index contributed by atoms with van der Waals surface area (Å²) in [6, 6.07) is -0.0220. The number of halogens is 3. The molecule has 0 radical (unpaired) electrons. The van der Waals surface area contributed by atoms with E-state index in [1.54, 1.807) is 0 Å². The standard InChI is InChI=1S/C10H20F3N3O/c1-3-4-5-7(2)15-6-8(9(14)16-17)10(11,12)13/h7-8,15,17H,3-6H2,1-2H3,(H2,14,16). The molecule has 0 aromatic rings. The number of hydrogen-bond acceptors (Lipinski definition) is 3. The van der Waals surface area contributed by atoms with Crippen LogP contribution < -0.4 is 11.1 Å². The normalized spacial score (nSPS) is 16.9. The summed E-state index contributed by atoms with van der Waals surface area (Å²) >= 11 is 0. The minimum absolute atomic E-state index is 0.0220.